The SMILES string of the molecule is C[SiH](C)O[C@@](C(=O)O)([C@H](CC1CCCCC1)N=[N+]=[N-])C(C)(C)C. The summed E-state index contributed by atoms with van der Waals surface area (Å²) in [5.74, 6) is -0.600. The van der Waals surface area contributed by atoms with Crippen molar-refractivity contribution in [1.29, 1.82) is 0 Å². The van der Waals surface area contributed by atoms with E-state index in [1.165, 1.54) is 19.3 Å². The Morgan fingerprint density at radius 1 is 1.35 bits per heavy atom. The van der Waals surface area contributed by atoms with Crippen molar-refractivity contribution in [2.24, 2.45) is 16.4 Å². The highest BCUT2D eigenvalue weighted by Crippen LogP contribution is 2.43. The minimum atomic E-state index is -1.65. The quantitative estimate of drug-likeness (QED) is 0.319. The van der Waals surface area contributed by atoms with E-state index in [1.54, 1.807) is 0 Å². The molecule has 0 heterocycles. The van der Waals surface area contributed by atoms with Gasteiger partial charge in [0.15, 0.2) is 14.6 Å². The number of azide groups is 1. The van der Waals surface area contributed by atoms with Crippen LogP contribution in [-0.4, -0.2) is 31.8 Å². The van der Waals surface area contributed by atoms with Crippen LogP contribution in [0, 0.1) is 11.3 Å². The zero-order valence-corrected chi connectivity index (χ0v) is 16.2. The summed E-state index contributed by atoms with van der Waals surface area (Å²) < 4.78 is 6.09. The molecule has 1 rings (SSSR count). The molecule has 0 amide bonds. The fraction of sp³-hybridized carbons (Fsp3) is 0.938. The number of hydrogen-bond donors (Lipinski definition) is 1. The van der Waals surface area contributed by atoms with E-state index in [0.717, 1.165) is 12.8 Å². The van der Waals surface area contributed by atoms with Gasteiger partial charge in [0.1, 0.15) is 0 Å². The van der Waals surface area contributed by atoms with Crippen molar-refractivity contribution in [1.82, 2.24) is 0 Å². The molecular weight excluding hydrogens is 310 g/mol. The molecule has 2 atom stereocenters. The highest BCUT2D eigenvalue weighted by molar-refractivity contribution is 6.48. The van der Waals surface area contributed by atoms with Gasteiger partial charge in [0, 0.05) is 10.3 Å². The number of hydrogen-bond acceptors (Lipinski definition) is 3. The van der Waals surface area contributed by atoms with E-state index < -0.39 is 32.1 Å². The minimum absolute atomic E-state index is 0.415. The number of rotatable bonds is 7. The molecule has 132 valence electrons. The van der Waals surface area contributed by atoms with Crippen molar-refractivity contribution in [3.05, 3.63) is 10.4 Å². The second-order valence-electron chi connectivity index (χ2n) is 7.92. The normalized spacial score (nSPS) is 20.6. The molecule has 23 heavy (non-hydrogen) atoms. The molecule has 0 saturated heterocycles. The van der Waals surface area contributed by atoms with E-state index in [9.17, 15) is 9.90 Å². The van der Waals surface area contributed by atoms with Crippen LogP contribution < -0.4 is 0 Å². The van der Waals surface area contributed by atoms with Gasteiger partial charge < -0.3 is 9.53 Å². The molecule has 0 aromatic heterocycles. The molecule has 0 aliphatic heterocycles. The van der Waals surface area contributed by atoms with E-state index in [2.05, 4.69) is 10.0 Å². The Morgan fingerprint density at radius 3 is 2.30 bits per heavy atom. The summed E-state index contributed by atoms with van der Waals surface area (Å²) in [7, 11) is -1.65. The Morgan fingerprint density at radius 2 is 1.91 bits per heavy atom. The lowest BCUT2D eigenvalue weighted by molar-refractivity contribution is -0.171. The first-order valence-electron chi connectivity index (χ1n) is 8.60. The van der Waals surface area contributed by atoms with Crippen molar-refractivity contribution in [3.8, 4) is 0 Å². The van der Waals surface area contributed by atoms with E-state index >= 15 is 0 Å². The molecule has 0 aromatic carbocycles. The van der Waals surface area contributed by atoms with Crippen LogP contribution in [0.25, 0.3) is 10.4 Å². The maximum Gasteiger partial charge on any atom is 0.335 e. The lowest BCUT2D eigenvalue weighted by Crippen LogP contribution is -2.61. The molecule has 1 saturated carbocycles. The molecule has 0 aromatic rings. The maximum atomic E-state index is 12.3. The van der Waals surface area contributed by atoms with Crippen molar-refractivity contribution < 1.29 is 14.3 Å². The van der Waals surface area contributed by atoms with Crippen LogP contribution in [-0.2, 0) is 9.22 Å². The maximum absolute atomic E-state index is 12.3. The third-order valence-corrected chi connectivity index (χ3v) is 5.64. The molecule has 6 nitrogen and oxygen atoms in total. The Kier molecular flexibility index (Phi) is 7.11. The average Bonchev–Trinajstić information content (AvgIpc) is 2.43. The molecule has 0 unspecified atom stereocenters. The highest BCUT2D eigenvalue weighted by atomic mass is 28.3. The second-order valence-corrected chi connectivity index (χ2v) is 10.3. The molecule has 0 spiro atoms. The summed E-state index contributed by atoms with van der Waals surface area (Å²) in [4.78, 5) is 15.2. The summed E-state index contributed by atoms with van der Waals surface area (Å²) in [6.07, 6.45) is 6.33. The fourth-order valence-electron chi connectivity index (χ4n) is 3.74. The van der Waals surface area contributed by atoms with Gasteiger partial charge in [-0.15, -0.1) is 0 Å². The van der Waals surface area contributed by atoms with E-state index in [0.29, 0.717) is 12.3 Å². The lowest BCUT2D eigenvalue weighted by Gasteiger charge is -2.47. The first-order valence-corrected chi connectivity index (χ1v) is 11.4. The van der Waals surface area contributed by atoms with Crippen LogP contribution >= 0.6 is 0 Å². The van der Waals surface area contributed by atoms with E-state index in [-0.39, 0.29) is 0 Å². The van der Waals surface area contributed by atoms with Gasteiger partial charge in [-0.1, -0.05) is 58.0 Å². The van der Waals surface area contributed by atoms with E-state index in [4.69, 9.17) is 9.96 Å². The molecule has 1 N–H and O–H groups in total. The Bertz CT molecular complexity index is 452. The predicted octanol–water partition coefficient (Wildman–Crippen LogP) is 4.51. The number of carboxylic acid groups (broad SMARTS) is 1. The van der Waals surface area contributed by atoms with Gasteiger partial charge in [0.2, 0.25) is 0 Å². The Labute approximate surface area is 141 Å². The van der Waals surface area contributed by atoms with Gasteiger partial charge in [-0.25, -0.2) is 4.79 Å². The zero-order chi connectivity index (χ0) is 17.7. The van der Waals surface area contributed by atoms with Crippen LogP contribution in [0.5, 0.6) is 0 Å². The van der Waals surface area contributed by atoms with Gasteiger partial charge in [-0.05, 0) is 31.0 Å². The Hall–Kier alpha value is -1.04. The monoisotopic (exact) mass is 341 g/mol. The van der Waals surface area contributed by atoms with Crippen LogP contribution in [0.4, 0.5) is 0 Å². The van der Waals surface area contributed by atoms with Gasteiger partial charge in [0.25, 0.3) is 0 Å². The fourth-order valence-corrected chi connectivity index (χ4v) is 5.09. The summed E-state index contributed by atoms with van der Waals surface area (Å²) in [6.45, 7) is 9.49. The number of carbonyl (C=O) groups is 1. The van der Waals surface area contributed by atoms with Crippen molar-refractivity contribution >= 4 is 15.0 Å². The average molecular weight is 342 g/mol. The topological polar surface area (TPSA) is 95.3 Å². The van der Waals surface area contributed by atoms with Crippen molar-refractivity contribution in [3.63, 3.8) is 0 Å². The van der Waals surface area contributed by atoms with Crippen molar-refractivity contribution in [2.75, 3.05) is 0 Å². The van der Waals surface area contributed by atoms with Gasteiger partial charge in [-0.2, -0.15) is 0 Å². The van der Waals surface area contributed by atoms with Crippen LogP contribution in [0.3, 0.4) is 0 Å². The second kappa shape index (κ2) is 8.17. The number of nitrogens with zero attached hydrogens (tertiary/aromatic N) is 3. The molecule has 7 heteroatoms. The van der Waals surface area contributed by atoms with Crippen LogP contribution in [0.15, 0.2) is 5.11 Å². The summed E-state index contributed by atoms with van der Waals surface area (Å²) in [5.41, 5.74) is 6.91. The van der Waals surface area contributed by atoms with Gasteiger partial charge in [0.05, 0.1) is 6.04 Å². The number of aliphatic carboxylic acids is 1. The third-order valence-electron chi connectivity index (χ3n) is 4.80. The smallest absolute Gasteiger partial charge is 0.335 e. The predicted molar refractivity (Wildman–Crippen MR) is 93.9 cm³/mol. The number of carboxylic acids is 1. The molecule has 0 bridgehead atoms. The third kappa shape index (κ3) is 4.72. The first-order chi connectivity index (χ1) is 10.6. The molecule has 1 aliphatic rings. The minimum Gasteiger partial charge on any atom is -0.479 e. The highest BCUT2D eigenvalue weighted by Gasteiger charge is 2.56. The lowest BCUT2D eigenvalue weighted by atomic mass is 9.69. The standard InChI is InChI=1S/C16H31N3O3Si/c1-15(2,3)16(14(20)21,22-23(4)5)13(18-19-17)11-12-9-7-6-8-10-12/h12-13,23H,6-11H2,1-5H3,(H,20,21)/t13-,16+/m0/s1. The summed E-state index contributed by atoms with van der Waals surface area (Å²) in [5, 5.41) is 14.0. The van der Waals surface area contributed by atoms with Crippen molar-refractivity contribution in [2.45, 2.75) is 84.0 Å². The van der Waals surface area contributed by atoms with Crippen LogP contribution in [0.2, 0.25) is 13.1 Å². The zero-order valence-electron chi connectivity index (χ0n) is 15.1. The molecule has 1 fully saturated rings. The van der Waals surface area contributed by atoms with Gasteiger partial charge in [-0.3, -0.25) is 0 Å². The van der Waals surface area contributed by atoms with Gasteiger partial charge >= 0.3 is 5.97 Å². The first kappa shape index (κ1) is 20.0. The largest absolute Gasteiger partial charge is 0.479 e. The van der Waals surface area contributed by atoms with E-state index in [1.807, 2.05) is 33.9 Å². The summed E-state index contributed by atoms with van der Waals surface area (Å²) in [6, 6.07) is -0.678. The molecule has 0 radical (unpaired) electrons. The molecule has 1 aliphatic carbocycles. The Balaban J connectivity index is 3.25. The summed E-state index contributed by atoms with van der Waals surface area (Å²) >= 11 is 0. The molecular formula is C16H31N3O3Si. The van der Waals surface area contributed by atoms with Crippen LogP contribution in [0.1, 0.15) is 59.3 Å².